The fraction of sp³-hybridized carbons (Fsp3) is 0.194. The molecule has 1 atom stereocenters. The van der Waals surface area contributed by atoms with Crippen molar-refractivity contribution in [3.8, 4) is 11.5 Å². The van der Waals surface area contributed by atoms with Gasteiger partial charge in [0.25, 0.3) is 17.2 Å². The van der Waals surface area contributed by atoms with E-state index in [2.05, 4.69) is 17.0 Å². The Hall–Kier alpha value is -4.14. The van der Waals surface area contributed by atoms with Gasteiger partial charge in [-0.25, -0.2) is 4.21 Å². The van der Waals surface area contributed by atoms with E-state index in [-0.39, 0.29) is 11.6 Å². The highest BCUT2D eigenvalue weighted by molar-refractivity contribution is 7.80. The lowest BCUT2D eigenvalue weighted by Gasteiger charge is -2.25. The van der Waals surface area contributed by atoms with E-state index in [0.29, 0.717) is 42.4 Å². The number of carbonyl (C=O) groups excluding carboxylic acids is 1. The molecule has 7 nitrogen and oxygen atoms in total. The maximum Gasteiger partial charge on any atom is 0.259 e. The molecule has 0 heterocycles. The molecule has 1 amide bonds. The van der Waals surface area contributed by atoms with Gasteiger partial charge in [0.15, 0.2) is 5.75 Å². The molecule has 3 N–H and O–H groups in total. The Morgan fingerprint density at radius 2 is 1.38 bits per heavy atom. The molecular weight excluding hydrogens is 510 g/mol. The molecule has 0 aliphatic heterocycles. The van der Waals surface area contributed by atoms with Crippen molar-refractivity contribution in [1.82, 2.24) is 4.90 Å². The molecule has 0 saturated carbocycles. The summed E-state index contributed by atoms with van der Waals surface area (Å²) in [6, 6.07) is 32.1. The molecule has 1 unspecified atom stereocenters. The van der Waals surface area contributed by atoms with E-state index in [4.69, 9.17) is 4.74 Å². The first-order valence-corrected chi connectivity index (χ1v) is 14.0. The van der Waals surface area contributed by atoms with E-state index in [9.17, 15) is 13.6 Å². The standard InChI is InChI=1S/C31H33N3O4S/c1-2-3-19-32-28-20-26(21-29(33-39(36)37)30(28)38-27-17-11-6-12-18-27)31(35)34(22-24-13-7-4-8-14-24)23-25-15-9-5-10-16-25/h4-18,20-21,32-33H,2-3,19,22-23H2,1H3,(H,36,37). The fourth-order valence-corrected chi connectivity index (χ4v) is 4.50. The molecule has 4 aromatic rings. The minimum absolute atomic E-state index is 0.209. The zero-order valence-corrected chi connectivity index (χ0v) is 22.7. The number of para-hydroxylation sites is 1. The van der Waals surface area contributed by atoms with Gasteiger partial charge in [0.1, 0.15) is 5.75 Å². The highest BCUT2D eigenvalue weighted by atomic mass is 32.2. The van der Waals surface area contributed by atoms with Gasteiger partial charge < -0.3 is 15.0 Å². The summed E-state index contributed by atoms with van der Waals surface area (Å²) in [5.74, 6) is 0.699. The van der Waals surface area contributed by atoms with Crippen LogP contribution in [0.5, 0.6) is 11.5 Å². The molecule has 0 aromatic heterocycles. The Morgan fingerprint density at radius 1 is 0.846 bits per heavy atom. The van der Waals surface area contributed by atoms with Crippen LogP contribution in [0.1, 0.15) is 41.3 Å². The second-order valence-corrected chi connectivity index (χ2v) is 9.78. The van der Waals surface area contributed by atoms with Crippen LogP contribution in [0.4, 0.5) is 11.4 Å². The Balaban J connectivity index is 1.75. The van der Waals surface area contributed by atoms with Crippen LogP contribution in [-0.2, 0) is 24.4 Å². The third kappa shape index (κ3) is 8.17. The fourth-order valence-electron chi connectivity index (χ4n) is 4.16. The quantitative estimate of drug-likeness (QED) is 0.124. The van der Waals surface area contributed by atoms with Crippen LogP contribution in [0, 0.1) is 0 Å². The summed E-state index contributed by atoms with van der Waals surface area (Å²) in [4.78, 5) is 15.8. The monoisotopic (exact) mass is 543 g/mol. The predicted molar refractivity (Wildman–Crippen MR) is 157 cm³/mol. The number of nitrogens with one attached hydrogen (secondary N) is 2. The second kappa shape index (κ2) is 14.1. The van der Waals surface area contributed by atoms with E-state index in [0.717, 1.165) is 24.0 Å². The Labute approximate surface area is 232 Å². The van der Waals surface area contributed by atoms with Crippen molar-refractivity contribution in [2.75, 3.05) is 16.6 Å². The maximum absolute atomic E-state index is 14.0. The van der Waals surface area contributed by atoms with Crippen LogP contribution in [-0.4, -0.2) is 26.1 Å². The van der Waals surface area contributed by atoms with Crippen LogP contribution < -0.4 is 14.8 Å². The SMILES string of the molecule is CCCCNc1cc(C(=O)N(Cc2ccccc2)Cc2ccccc2)cc(NS(=O)O)c1Oc1ccccc1. The Morgan fingerprint density at radius 3 is 1.92 bits per heavy atom. The third-order valence-electron chi connectivity index (χ3n) is 6.06. The summed E-state index contributed by atoms with van der Waals surface area (Å²) in [6.07, 6.45) is 1.89. The molecule has 39 heavy (non-hydrogen) atoms. The summed E-state index contributed by atoms with van der Waals surface area (Å²) in [5.41, 5.74) is 3.17. The molecule has 4 rings (SSSR count). The highest BCUT2D eigenvalue weighted by Gasteiger charge is 2.22. The lowest BCUT2D eigenvalue weighted by atomic mass is 10.1. The van der Waals surface area contributed by atoms with Crippen molar-refractivity contribution in [1.29, 1.82) is 0 Å². The average Bonchev–Trinajstić information content (AvgIpc) is 2.95. The largest absolute Gasteiger partial charge is 0.453 e. The van der Waals surface area contributed by atoms with Gasteiger partial charge in [-0.15, -0.1) is 0 Å². The van der Waals surface area contributed by atoms with Crippen LogP contribution in [0.3, 0.4) is 0 Å². The van der Waals surface area contributed by atoms with E-state index in [1.807, 2.05) is 78.9 Å². The number of benzene rings is 4. The Kier molecular flexibility index (Phi) is 10.1. The summed E-state index contributed by atoms with van der Waals surface area (Å²) in [6.45, 7) is 3.56. The number of rotatable bonds is 13. The van der Waals surface area contributed by atoms with Crippen LogP contribution in [0.25, 0.3) is 0 Å². The van der Waals surface area contributed by atoms with Crippen molar-refractivity contribution in [3.63, 3.8) is 0 Å². The summed E-state index contributed by atoms with van der Waals surface area (Å²) in [5, 5.41) is 3.37. The topological polar surface area (TPSA) is 90.9 Å². The predicted octanol–water partition coefficient (Wildman–Crippen LogP) is 7.08. The smallest absolute Gasteiger partial charge is 0.259 e. The molecule has 0 aliphatic carbocycles. The number of hydrogen-bond donors (Lipinski definition) is 3. The number of unbranched alkanes of at least 4 members (excludes halogenated alkanes) is 1. The van der Waals surface area contributed by atoms with Gasteiger partial charge in [0.2, 0.25) is 0 Å². The molecule has 0 saturated heterocycles. The summed E-state index contributed by atoms with van der Waals surface area (Å²) < 4.78 is 30.3. The Bertz CT molecular complexity index is 1330. The first-order valence-electron chi connectivity index (χ1n) is 12.9. The first kappa shape index (κ1) is 27.9. The number of ether oxygens (including phenoxy) is 1. The van der Waals surface area contributed by atoms with Crippen molar-refractivity contribution in [2.24, 2.45) is 0 Å². The number of amides is 1. The zero-order chi connectivity index (χ0) is 27.5. The molecule has 0 spiro atoms. The molecule has 4 aromatic carbocycles. The minimum atomic E-state index is -2.38. The third-order valence-corrected chi connectivity index (χ3v) is 6.46. The normalized spacial score (nSPS) is 11.4. The van der Waals surface area contributed by atoms with Gasteiger partial charge in [0, 0.05) is 25.2 Å². The molecule has 8 heteroatoms. The number of carbonyl (C=O) groups is 1. The first-order chi connectivity index (χ1) is 19.0. The van der Waals surface area contributed by atoms with Crippen molar-refractivity contribution in [3.05, 3.63) is 120 Å². The van der Waals surface area contributed by atoms with Gasteiger partial charge >= 0.3 is 0 Å². The van der Waals surface area contributed by atoms with Crippen molar-refractivity contribution >= 4 is 28.5 Å². The second-order valence-electron chi connectivity index (χ2n) is 9.08. The van der Waals surface area contributed by atoms with Gasteiger partial charge in [-0.1, -0.05) is 92.2 Å². The number of anilines is 2. The lowest BCUT2D eigenvalue weighted by molar-refractivity contribution is 0.0730. The molecule has 0 bridgehead atoms. The van der Waals surface area contributed by atoms with Crippen LogP contribution >= 0.6 is 0 Å². The maximum atomic E-state index is 14.0. The average molecular weight is 544 g/mol. The summed E-state index contributed by atoms with van der Waals surface area (Å²) >= 11 is -2.38. The van der Waals surface area contributed by atoms with Gasteiger partial charge in [-0.2, -0.15) is 0 Å². The van der Waals surface area contributed by atoms with Crippen molar-refractivity contribution in [2.45, 2.75) is 32.9 Å². The highest BCUT2D eigenvalue weighted by Crippen LogP contribution is 2.39. The van der Waals surface area contributed by atoms with Gasteiger partial charge in [0.05, 0.1) is 11.4 Å². The van der Waals surface area contributed by atoms with E-state index in [1.165, 1.54) is 0 Å². The van der Waals surface area contributed by atoms with Crippen LogP contribution in [0.2, 0.25) is 0 Å². The van der Waals surface area contributed by atoms with E-state index in [1.54, 1.807) is 29.2 Å². The van der Waals surface area contributed by atoms with Gasteiger partial charge in [-0.3, -0.25) is 14.1 Å². The van der Waals surface area contributed by atoms with Gasteiger partial charge in [-0.05, 0) is 41.8 Å². The van der Waals surface area contributed by atoms with E-state index < -0.39 is 11.3 Å². The molecule has 0 fully saturated rings. The molecule has 0 radical (unpaired) electrons. The number of nitrogens with zero attached hydrogens (tertiary/aromatic N) is 1. The lowest BCUT2D eigenvalue weighted by Crippen LogP contribution is -2.30. The van der Waals surface area contributed by atoms with E-state index >= 15 is 0 Å². The molecule has 0 aliphatic rings. The van der Waals surface area contributed by atoms with Crippen molar-refractivity contribution < 1.29 is 18.3 Å². The summed E-state index contributed by atoms with van der Waals surface area (Å²) in [7, 11) is 0. The van der Waals surface area contributed by atoms with Crippen LogP contribution in [0.15, 0.2) is 103 Å². The number of hydrogen-bond acceptors (Lipinski definition) is 4. The zero-order valence-electron chi connectivity index (χ0n) is 21.9. The minimum Gasteiger partial charge on any atom is -0.453 e. The molecular formula is C31H33N3O4S. The molecule has 202 valence electrons.